The largest absolute Gasteiger partial charge is 0.462 e. The zero-order valence-electron chi connectivity index (χ0n) is 49.7. The summed E-state index contributed by atoms with van der Waals surface area (Å²) >= 11 is 0. The van der Waals surface area contributed by atoms with Gasteiger partial charge in [0.25, 0.3) is 0 Å². The van der Waals surface area contributed by atoms with E-state index in [4.69, 9.17) is 14.2 Å². The fourth-order valence-electron chi connectivity index (χ4n) is 10.3. The molecule has 0 spiro atoms. The van der Waals surface area contributed by atoms with Gasteiger partial charge in [0.15, 0.2) is 6.10 Å². The molecule has 0 aliphatic rings. The normalized spacial score (nSPS) is 12.0. The van der Waals surface area contributed by atoms with E-state index in [-0.39, 0.29) is 31.1 Å². The summed E-state index contributed by atoms with van der Waals surface area (Å²) in [6.45, 7) is 6.72. The molecule has 0 rings (SSSR count). The first-order chi connectivity index (χ1) is 36.0. The summed E-state index contributed by atoms with van der Waals surface area (Å²) in [5, 5.41) is 0. The molecule has 0 saturated carbocycles. The van der Waals surface area contributed by atoms with E-state index >= 15 is 0 Å². The molecule has 0 aromatic carbocycles. The van der Waals surface area contributed by atoms with Crippen molar-refractivity contribution in [3.05, 3.63) is 12.2 Å². The van der Waals surface area contributed by atoms with Crippen LogP contribution in [0, 0.1) is 0 Å². The summed E-state index contributed by atoms with van der Waals surface area (Å²) in [6, 6.07) is 0. The summed E-state index contributed by atoms with van der Waals surface area (Å²) in [7, 11) is 0. The highest BCUT2D eigenvalue weighted by Gasteiger charge is 2.19. The molecule has 73 heavy (non-hydrogen) atoms. The van der Waals surface area contributed by atoms with Crippen LogP contribution in [-0.2, 0) is 28.6 Å². The topological polar surface area (TPSA) is 78.9 Å². The van der Waals surface area contributed by atoms with Crippen LogP contribution in [0.5, 0.6) is 0 Å². The molecule has 0 radical (unpaired) electrons. The van der Waals surface area contributed by atoms with E-state index in [0.717, 1.165) is 57.8 Å². The maximum atomic E-state index is 12.9. The number of hydrogen-bond acceptors (Lipinski definition) is 6. The Balaban J connectivity index is 4.25. The van der Waals surface area contributed by atoms with E-state index in [2.05, 4.69) is 32.9 Å². The van der Waals surface area contributed by atoms with Crippen LogP contribution >= 0.6 is 0 Å². The minimum absolute atomic E-state index is 0.0638. The van der Waals surface area contributed by atoms with E-state index in [9.17, 15) is 14.4 Å². The Morgan fingerprint density at radius 1 is 0.260 bits per heavy atom. The average molecular weight is 1030 g/mol. The maximum absolute atomic E-state index is 12.9. The molecule has 0 aromatic heterocycles. The molecule has 6 nitrogen and oxygen atoms in total. The predicted molar refractivity (Wildman–Crippen MR) is 317 cm³/mol. The van der Waals surface area contributed by atoms with Gasteiger partial charge in [0, 0.05) is 19.3 Å². The number of hydrogen-bond donors (Lipinski definition) is 0. The van der Waals surface area contributed by atoms with Gasteiger partial charge in [0.1, 0.15) is 13.2 Å². The Bertz CT molecular complexity index is 1130. The van der Waals surface area contributed by atoms with Gasteiger partial charge in [-0.05, 0) is 44.9 Å². The summed E-state index contributed by atoms with van der Waals surface area (Å²) in [5.74, 6) is -0.834. The van der Waals surface area contributed by atoms with Crippen LogP contribution in [0.3, 0.4) is 0 Å². The lowest BCUT2D eigenvalue weighted by Crippen LogP contribution is -2.30. The third-order valence-corrected chi connectivity index (χ3v) is 15.3. The lowest BCUT2D eigenvalue weighted by atomic mass is 10.0. The Morgan fingerprint density at radius 2 is 0.452 bits per heavy atom. The highest BCUT2D eigenvalue weighted by molar-refractivity contribution is 5.71. The molecule has 0 aliphatic carbocycles. The zero-order valence-corrected chi connectivity index (χ0v) is 49.7. The van der Waals surface area contributed by atoms with Crippen LogP contribution in [0.4, 0.5) is 0 Å². The lowest BCUT2D eigenvalue weighted by molar-refractivity contribution is -0.167. The number of ether oxygens (including phenoxy) is 3. The second-order valence-corrected chi connectivity index (χ2v) is 22.7. The molecule has 0 aliphatic heterocycles. The monoisotopic (exact) mass is 1030 g/mol. The van der Waals surface area contributed by atoms with Crippen molar-refractivity contribution >= 4 is 17.9 Å². The smallest absolute Gasteiger partial charge is 0.306 e. The molecule has 0 bridgehead atoms. The van der Waals surface area contributed by atoms with Gasteiger partial charge in [-0.2, -0.15) is 0 Å². The van der Waals surface area contributed by atoms with E-state index in [1.165, 1.54) is 283 Å². The van der Waals surface area contributed by atoms with Crippen LogP contribution < -0.4 is 0 Å². The van der Waals surface area contributed by atoms with Crippen LogP contribution in [-0.4, -0.2) is 37.2 Å². The fraction of sp³-hybridized carbons (Fsp3) is 0.925. The Hall–Kier alpha value is -1.85. The summed E-state index contributed by atoms with van der Waals surface area (Å²) in [4.78, 5) is 38.3. The van der Waals surface area contributed by atoms with Crippen molar-refractivity contribution in [1.29, 1.82) is 0 Å². The van der Waals surface area contributed by atoms with Crippen molar-refractivity contribution in [1.82, 2.24) is 0 Å². The first-order valence-electron chi connectivity index (χ1n) is 33.2. The van der Waals surface area contributed by atoms with E-state index in [0.29, 0.717) is 19.3 Å². The molecule has 6 heteroatoms. The van der Waals surface area contributed by atoms with Crippen molar-refractivity contribution < 1.29 is 28.6 Å². The second kappa shape index (κ2) is 62.7. The van der Waals surface area contributed by atoms with Gasteiger partial charge < -0.3 is 14.2 Å². The number of esters is 3. The molecule has 0 N–H and O–H groups in total. The third-order valence-electron chi connectivity index (χ3n) is 15.3. The number of carbonyl (C=O) groups is 3. The molecule has 1 atom stereocenters. The number of carbonyl (C=O) groups excluding carboxylic acids is 3. The number of allylic oxidation sites excluding steroid dienone is 2. The zero-order chi connectivity index (χ0) is 52.9. The average Bonchev–Trinajstić information content (AvgIpc) is 3.39. The predicted octanol–water partition coefficient (Wildman–Crippen LogP) is 22.4. The molecule has 0 fully saturated rings. The maximum Gasteiger partial charge on any atom is 0.306 e. The number of unbranched alkanes of at least 4 members (excludes halogenated alkanes) is 49. The molecule has 432 valence electrons. The van der Waals surface area contributed by atoms with Crippen LogP contribution in [0.1, 0.15) is 380 Å². The summed E-state index contributed by atoms with van der Waals surface area (Å²) < 4.78 is 17.0. The van der Waals surface area contributed by atoms with Crippen molar-refractivity contribution in [2.75, 3.05) is 13.2 Å². The van der Waals surface area contributed by atoms with Gasteiger partial charge in [-0.1, -0.05) is 328 Å². The first-order valence-corrected chi connectivity index (χ1v) is 33.2. The standard InChI is InChI=1S/C67H128O6/c1-4-7-10-13-16-19-22-25-27-29-31-33-35-37-39-42-45-48-51-54-57-60-66(69)72-63-64(62-71-65(68)59-56-53-50-47-44-41-24-21-18-15-12-9-6-3)73-67(70)61-58-55-52-49-46-43-40-38-36-34-32-30-28-26-23-20-17-14-11-8-5-2/h29,31,64H,4-28,30,32-63H2,1-3H3/b31-29-. The molecular weight excluding hydrogens is 901 g/mol. The summed E-state index contributed by atoms with van der Waals surface area (Å²) in [5.41, 5.74) is 0. The van der Waals surface area contributed by atoms with Crippen molar-refractivity contribution in [3.8, 4) is 0 Å². The quantitative estimate of drug-likeness (QED) is 0.0261. The van der Waals surface area contributed by atoms with Crippen molar-refractivity contribution in [2.45, 2.75) is 386 Å². The van der Waals surface area contributed by atoms with Gasteiger partial charge in [0.05, 0.1) is 0 Å². The number of rotatable bonds is 62. The Morgan fingerprint density at radius 3 is 0.685 bits per heavy atom. The molecule has 0 heterocycles. The van der Waals surface area contributed by atoms with Crippen molar-refractivity contribution in [3.63, 3.8) is 0 Å². The minimum atomic E-state index is -0.766. The first kappa shape index (κ1) is 71.2. The van der Waals surface area contributed by atoms with Gasteiger partial charge in [-0.25, -0.2) is 0 Å². The van der Waals surface area contributed by atoms with E-state index < -0.39 is 6.10 Å². The van der Waals surface area contributed by atoms with Crippen LogP contribution in [0.2, 0.25) is 0 Å². The minimum Gasteiger partial charge on any atom is -0.462 e. The molecule has 0 amide bonds. The van der Waals surface area contributed by atoms with Crippen molar-refractivity contribution in [2.24, 2.45) is 0 Å². The molecular formula is C67H128O6. The Kier molecular flexibility index (Phi) is 61.1. The second-order valence-electron chi connectivity index (χ2n) is 22.7. The van der Waals surface area contributed by atoms with Gasteiger partial charge >= 0.3 is 17.9 Å². The van der Waals surface area contributed by atoms with Gasteiger partial charge in [0.2, 0.25) is 0 Å². The van der Waals surface area contributed by atoms with Crippen LogP contribution in [0.15, 0.2) is 12.2 Å². The Labute approximate surface area is 456 Å². The third kappa shape index (κ3) is 60.9. The fourth-order valence-corrected chi connectivity index (χ4v) is 10.3. The summed E-state index contributed by atoms with van der Waals surface area (Å²) in [6.07, 6.45) is 73.7. The van der Waals surface area contributed by atoms with Crippen LogP contribution in [0.25, 0.3) is 0 Å². The SMILES string of the molecule is CCCCCCCCCC/C=C\CCCCCCCCCCCC(=O)OCC(COC(=O)CCCCCCCCCCCCCCC)OC(=O)CCCCCCCCCCCCCCCCCCCCCCC. The highest BCUT2D eigenvalue weighted by Crippen LogP contribution is 2.18. The highest BCUT2D eigenvalue weighted by atomic mass is 16.6. The van der Waals surface area contributed by atoms with E-state index in [1.54, 1.807) is 0 Å². The molecule has 0 saturated heterocycles. The van der Waals surface area contributed by atoms with Gasteiger partial charge in [-0.15, -0.1) is 0 Å². The van der Waals surface area contributed by atoms with Gasteiger partial charge in [-0.3, -0.25) is 14.4 Å². The molecule has 1 unspecified atom stereocenters. The lowest BCUT2D eigenvalue weighted by Gasteiger charge is -2.18. The molecule has 0 aromatic rings. The van der Waals surface area contributed by atoms with E-state index in [1.807, 2.05) is 0 Å².